The average molecular weight is 726 g/mol. The Balaban J connectivity index is 1.46. The first-order valence-electron chi connectivity index (χ1n) is 18.5. The molecule has 53 heavy (non-hydrogen) atoms. The van der Waals surface area contributed by atoms with Gasteiger partial charge < -0.3 is 39.4 Å². The summed E-state index contributed by atoms with van der Waals surface area (Å²) in [6.45, 7) is 9.52. The molecule has 0 aliphatic carbocycles. The molecule has 2 amide bonds. The lowest BCUT2D eigenvalue weighted by Gasteiger charge is -2.29. The molecular weight excluding hydrogens is 678 g/mol. The Morgan fingerprint density at radius 3 is 2.62 bits per heavy atom. The summed E-state index contributed by atoms with van der Waals surface area (Å²) in [6, 6.07) is 10.2. The number of unbranched alkanes of at least 4 members (excludes halogenated alkanes) is 3. The predicted molar refractivity (Wildman–Crippen MR) is 194 cm³/mol. The van der Waals surface area contributed by atoms with Crippen LogP contribution in [0.5, 0.6) is 5.75 Å². The summed E-state index contributed by atoms with van der Waals surface area (Å²) in [7, 11) is 1.27. The molecule has 0 radical (unpaired) electrons. The molecule has 3 unspecified atom stereocenters. The number of carbonyl (C=O) groups excluding carboxylic acids is 3. The van der Waals surface area contributed by atoms with Crippen LogP contribution in [0.2, 0.25) is 0 Å². The number of esters is 1. The minimum absolute atomic E-state index is 0.0359. The summed E-state index contributed by atoms with van der Waals surface area (Å²) in [5, 5.41) is 20.2. The summed E-state index contributed by atoms with van der Waals surface area (Å²) in [6.07, 6.45) is 4.71. The Morgan fingerprint density at radius 2 is 1.89 bits per heavy atom. The highest BCUT2D eigenvalue weighted by molar-refractivity contribution is 5.90. The molecule has 3 aliphatic rings. The van der Waals surface area contributed by atoms with Crippen molar-refractivity contribution in [2.45, 2.75) is 103 Å². The van der Waals surface area contributed by atoms with E-state index in [1.807, 2.05) is 38.1 Å². The first-order valence-corrected chi connectivity index (χ1v) is 18.5. The van der Waals surface area contributed by atoms with E-state index in [1.165, 1.54) is 13.4 Å². The van der Waals surface area contributed by atoms with Crippen LogP contribution in [-0.2, 0) is 32.6 Å². The molecule has 4 bridgehead atoms. The van der Waals surface area contributed by atoms with Crippen LogP contribution in [0, 0.1) is 11.8 Å². The van der Waals surface area contributed by atoms with Gasteiger partial charge in [-0.3, -0.25) is 9.59 Å². The number of aryl methyl sites for hydroxylation is 1. The number of rotatable bonds is 11. The summed E-state index contributed by atoms with van der Waals surface area (Å²) in [4.78, 5) is 49.3. The number of methoxy groups -OCH3 is 1. The molecule has 2 aromatic carbocycles. The van der Waals surface area contributed by atoms with Gasteiger partial charge in [0, 0.05) is 17.7 Å². The number of ether oxygens (including phenoxy) is 2. The first kappa shape index (κ1) is 36.2. The molecular formula is C40H47N5O8. The van der Waals surface area contributed by atoms with Gasteiger partial charge in [-0.1, -0.05) is 84.2 Å². The molecule has 2 aromatic heterocycles. The van der Waals surface area contributed by atoms with Crippen LogP contribution in [0.1, 0.15) is 111 Å². The highest BCUT2D eigenvalue weighted by atomic mass is 16.5. The largest absolute Gasteiger partial charge is 0.469 e. The number of aliphatic hydroxyl groups excluding tert-OH is 1. The van der Waals surface area contributed by atoms with Gasteiger partial charge in [0.2, 0.25) is 23.6 Å². The number of fused-ring (bicyclic) bond motifs is 4. The van der Waals surface area contributed by atoms with E-state index in [-0.39, 0.29) is 41.4 Å². The van der Waals surface area contributed by atoms with Gasteiger partial charge in [0.25, 0.3) is 0 Å². The number of aliphatic hydroxyl groups is 1. The molecule has 0 fully saturated rings. The second-order valence-electron chi connectivity index (χ2n) is 14.9. The molecule has 4 N–H and O–H groups in total. The van der Waals surface area contributed by atoms with Crippen LogP contribution in [0.15, 0.2) is 51.5 Å². The molecule has 13 heteroatoms. The lowest BCUT2D eigenvalue weighted by molar-refractivity contribution is -0.135. The van der Waals surface area contributed by atoms with E-state index in [9.17, 15) is 19.5 Å². The van der Waals surface area contributed by atoms with Gasteiger partial charge in [0.1, 0.15) is 35.6 Å². The molecule has 5 heterocycles. The van der Waals surface area contributed by atoms with Crippen molar-refractivity contribution in [1.29, 1.82) is 0 Å². The zero-order valence-corrected chi connectivity index (χ0v) is 30.9. The normalized spacial score (nSPS) is 21.8. The number of para-hydroxylation sites is 1. The highest BCUT2D eigenvalue weighted by Crippen LogP contribution is 2.60. The van der Waals surface area contributed by atoms with Gasteiger partial charge >= 0.3 is 5.97 Å². The van der Waals surface area contributed by atoms with E-state index in [2.05, 4.69) is 40.0 Å². The van der Waals surface area contributed by atoms with E-state index in [4.69, 9.17) is 23.3 Å². The number of hydrogen-bond acceptors (Lipinski definition) is 11. The minimum Gasteiger partial charge on any atom is -0.469 e. The van der Waals surface area contributed by atoms with Crippen LogP contribution >= 0.6 is 0 Å². The van der Waals surface area contributed by atoms with Crippen LogP contribution in [0.25, 0.3) is 11.6 Å². The molecule has 13 nitrogen and oxygen atoms in total. The second kappa shape index (κ2) is 14.3. The molecule has 3 aliphatic heterocycles. The lowest BCUT2D eigenvalue weighted by Crippen LogP contribution is -2.52. The van der Waals surface area contributed by atoms with Crippen molar-refractivity contribution in [2.75, 3.05) is 12.4 Å². The fourth-order valence-electron chi connectivity index (χ4n) is 7.68. The van der Waals surface area contributed by atoms with Gasteiger partial charge in [-0.05, 0) is 47.4 Å². The number of hydrogen-bond donors (Lipinski definition) is 4. The van der Waals surface area contributed by atoms with Crippen LogP contribution in [0.4, 0.5) is 5.69 Å². The van der Waals surface area contributed by atoms with E-state index in [0.29, 0.717) is 11.5 Å². The molecule has 280 valence electrons. The number of carbonyl (C=O) groups is 3. The Kier molecular flexibility index (Phi) is 9.79. The van der Waals surface area contributed by atoms with Crippen molar-refractivity contribution in [2.24, 2.45) is 11.8 Å². The number of nitrogens with one attached hydrogen (secondary N) is 3. The van der Waals surface area contributed by atoms with Crippen molar-refractivity contribution < 1.29 is 37.8 Å². The Hall–Kier alpha value is -5.17. The van der Waals surface area contributed by atoms with Gasteiger partial charge in [-0.25, -0.2) is 14.8 Å². The SMILES string of the molecule is CCCCCCc1cccc2c1NC1Oc3ccc4cc3C21c1oc(nc1-c1nc(C(=O)OC)co1)[C@H](C(C)C)NC(=O)C(NC(=O)[C@@H](O)C(C)C)C4. The lowest BCUT2D eigenvalue weighted by atomic mass is 9.72. The third kappa shape index (κ3) is 6.24. The van der Waals surface area contributed by atoms with E-state index in [0.717, 1.165) is 60.0 Å². The zero-order chi connectivity index (χ0) is 37.6. The number of aromatic nitrogens is 2. The molecule has 0 saturated carbocycles. The van der Waals surface area contributed by atoms with Gasteiger partial charge in [-0.2, -0.15) is 0 Å². The summed E-state index contributed by atoms with van der Waals surface area (Å²) in [5.74, 6) is -1.15. The van der Waals surface area contributed by atoms with Crippen LogP contribution in [-0.4, -0.2) is 58.3 Å². The maximum absolute atomic E-state index is 14.1. The zero-order valence-electron chi connectivity index (χ0n) is 30.9. The van der Waals surface area contributed by atoms with E-state index in [1.54, 1.807) is 13.8 Å². The predicted octanol–water partition coefficient (Wildman–Crippen LogP) is 5.59. The topological polar surface area (TPSA) is 178 Å². The van der Waals surface area contributed by atoms with Crippen molar-refractivity contribution in [3.8, 4) is 17.3 Å². The Bertz CT molecular complexity index is 2030. The number of benzene rings is 2. The van der Waals surface area contributed by atoms with Crippen molar-refractivity contribution in [3.63, 3.8) is 0 Å². The first-order chi connectivity index (χ1) is 25.5. The van der Waals surface area contributed by atoms with Gasteiger partial charge in [0.05, 0.1) is 7.11 Å². The van der Waals surface area contributed by atoms with Crippen molar-refractivity contribution in [1.82, 2.24) is 20.6 Å². The standard InChI is InChI=1S/C40H47N5O8/c1-7-8-9-10-12-23-13-11-14-24-30(23)45-39-40(24)25-17-22(15-16-28(25)52-39)18-26(41-35(48)32(46)21(4)5)34(47)43-29(20(2)3)37-44-31(33(40)53-37)36-42-27(19-51-36)38(49)50-6/h11,13-17,19-21,26,29,32,39,45-46H,7-10,12,18H2,1-6H3,(H,41,48)(H,43,47)/t26?,29-,32-,39?,40?/m0/s1. The number of oxazole rings is 2. The maximum atomic E-state index is 14.1. The number of nitrogens with zero attached hydrogens (tertiary/aromatic N) is 2. The third-order valence-corrected chi connectivity index (χ3v) is 10.6. The minimum atomic E-state index is -1.30. The van der Waals surface area contributed by atoms with Gasteiger partial charge in [-0.15, -0.1) is 0 Å². The fourth-order valence-corrected chi connectivity index (χ4v) is 7.68. The van der Waals surface area contributed by atoms with Crippen molar-refractivity contribution >= 4 is 23.5 Å². The maximum Gasteiger partial charge on any atom is 0.360 e. The second-order valence-corrected chi connectivity index (χ2v) is 14.9. The molecule has 0 saturated heterocycles. The fraction of sp³-hybridized carbons (Fsp3) is 0.475. The average Bonchev–Trinajstić information content (AvgIpc) is 3.92. The van der Waals surface area contributed by atoms with E-state index < -0.39 is 47.6 Å². The van der Waals surface area contributed by atoms with E-state index >= 15 is 0 Å². The summed E-state index contributed by atoms with van der Waals surface area (Å²) in [5.41, 5.74) is 3.64. The van der Waals surface area contributed by atoms with Gasteiger partial charge in [0.15, 0.2) is 23.4 Å². The third-order valence-electron chi connectivity index (χ3n) is 10.6. The summed E-state index contributed by atoms with van der Waals surface area (Å²) >= 11 is 0. The van der Waals surface area contributed by atoms with Crippen molar-refractivity contribution in [3.05, 3.63) is 82.3 Å². The summed E-state index contributed by atoms with van der Waals surface area (Å²) < 4.78 is 24.5. The Labute approximate surface area is 308 Å². The molecule has 4 aromatic rings. The molecule has 1 spiro atoms. The monoisotopic (exact) mass is 725 g/mol. The van der Waals surface area contributed by atoms with Crippen LogP contribution in [0.3, 0.4) is 0 Å². The Morgan fingerprint density at radius 1 is 1.08 bits per heavy atom. The number of amides is 2. The molecule has 5 atom stereocenters. The van der Waals surface area contributed by atoms with Crippen LogP contribution < -0.4 is 20.7 Å². The quantitative estimate of drug-likeness (QED) is 0.112. The highest BCUT2D eigenvalue weighted by Gasteiger charge is 2.61. The number of anilines is 1. The smallest absolute Gasteiger partial charge is 0.360 e. The molecule has 7 rings (SSSR count).